The first-order valence-electron chi connectivity index (χ1n) is 8.46. The normalized spacial score (nSPS) is 12.7. The predicted molar refractivity (Wildman–Crippen MR) is 102 cm³/mol. The number of hydrogen-bond acceptors (Lipinski definition) is 3. The summed E-state index contributed by atoms with van der Waals surface area (Å²) in [5.41, 5.74) is 5.18. The van der Waals surface area contributed by atoms with Crippen LogP contribution in [0.4, 0.5) is 0 Å². The first-order chi connectivity index (χ1) is 12.8. The topological polar surface area (TPSA) is 77.6 Å². The molecule has 26 heavy (non-hydrogen) atoms. The number of hydrogen-bond donors (Lipinski definition) is 3. The van der Waals surface area contributed by atoms with Crippen molar-refractivity contribution in [2.24, 2.45) is 0 Å². The van der Waals surface area contributed by atoms with E-state index in [4.69, 9.17) is 0 Å². The summed E-state index contributed by atoms with van der Waals surface area (Å²) in [6.45, 7) is 0. The van der Waals surface area contributed by atoms with Gasteiger partial charge in [-0.3, -0.25) is 5.10 Å². The van der Waals surface area contributed by atoms with Gasteiger partial charge in [-0.2, -0.15) is 5.10 Å². The molecule has 5 aromatic rings. The second-order valence-electron chi connectivity index (χ2n) is 6.29. The van der Waals surface area contributed by atoms with Crippen molar-refractivity contribution in [3.8, 4) is 11.5 Å². The fourth-order valence-electron chi connectivity index (χ4n) is 3.28. The van der Waals surface area contributed by atoms with Crippen molar-refractivity contribution in [3.63, 3.8) is 0 Å². The van der Waals surface area contributed by atoms with Crippen molar-refractivity contribution < 1.29 is 5.11 Å². The molecular formula is C21H16N4O. The quantitative estimate of drug-likeness (QED) is 0.461. The number of nitrogens with zero attached hydrogens (tertiary/aromatic N) is 2. The zero-order valence-electron chi connectivity index (χ0n) is 13.8. The van der Waals surface area contributed by atoms with Crippen LogP contribution in [0, 0.1) is 0 Å². The summed E-state index contributed by atoms with van der Waals surface area (Å²) in [6, 6.07) is 23.4. The van der Waals surface area contributed by atoms with E-state index in [1.54, 1.807) is 0 Å². The van der Waals surface area contributed by atoms with Gasteiger partial charge in [0.2, 0.25) is 0 Å². The van der Waals surface area contributed by atoms with Crippen LogP contribution in [-0.2, 0) is 0 Å². The van der Waals surface area contributed by atoms with Crippen molar-refractivity contribution >= 4 is 21.9 Å². The summed E-state index contributed by atoms with van der Waals surface area (Å²) in [4.78, 5) is 7.99. The van der Waals surface area contributed by atoms with E-state index in [0.717, 1.165) is 38.8 Å². The van der Waals surface area contributed by atoms with Crippen LogP contribution in [0.5, 0.6) is 0 Å². The van der Waals surface area contributed by atoms with Gasteiger partial charge in [-0.25, -0.2) is 4.98 Å². The second kappa shape index (κ2) is 5.82. The molecule has 126 valence electrons. The summed E-state index contributed by atoms with van der Waals surface area (Å²) < 4.78 is 0. The van der Waals surface area contributed by atoms with E-state index in [0.29, 0.717) is 5.82 Å². The lowest BCUT2D eigenvalue weighted by Crippen LogP contribution is -1.98. The Labute approximate surface area is 149 Å². The number of H-pyrrole nitrogens is 2. The number of benzene rings is 3. The Hall–Kier alpha value is -3.44. The maximum Gasteiger partial charge on any atom is 0.159 e. The van der Waals surface area contributed by atoms with Gasteiger partial charge in [0.1, 0.15) is 11.8 Å². The number of rotatable bonds is 3. The molecule has 2 aromatic heterocycles. The average Bonchev–Trinajstić information content (AvgIpc) is 3.31. The number of nitrogens with one attached hydrogen (secondary N) is 2. The maximum absolute atomic E-state index is 10.6. The molecule has 0 saturated carbocycles. The number of imidazole rings is 1. The molecule has 0 aliphatic heterocycles. The van der Waals surface area contributed by atoms with Crippen molar-refractivity contribution in [1.82, 2.24) is 20.2 Å². The van der Waals surface area contributed by atoms with Crippen LogP contribution in [0.3, 0.4) is 0 Å². The van der Waals surface area contributed by atoms with Crippen molar-refractivity contribution in [2.75, 3.05) is 0 Å². The van der Waals surface area contributed by atoms with Gasteiger partial charge in [0.15, 0.2) is 5.82 Å². The monoisotopic (exact) mass is 340 g/mol. The molecule has 2 heterocycles. The van der Waals surface area contributed by atoms with Crippen molar-refractivity contribution in [2.45, 2.75) is 6.10 Å². The summed E-state index contributed by atoms with van der Waals surface area (Å²) >= 11 is 0. The van der Waals surface area contributed by atoms with Crippen molar-refractivity contribution in [3.05, 3.63) is 83.9 Å². The molecule has 0 saturated heterocycles. The van der Waals surface area contributed by atoms with Gasteiger partial charge in [0.25, 0.3) is 0 Å². The average molecular weight is 340 g/mol. The zero-order valence-corrected chi connectivity index (χ0v) is 13.8. The lowest BCUT2D eigenvalue weighted by molar-refractivity contribution is 0.220. The highest BCUT2D eigenvalue weighted by Crippen LogP contribution is 2.28. The molecule has 5 nitrogen and oxygen atoms in total. The molecule has 5 rings (SSSR count). The van der Waals surface area contributed by atoms with Gasteiger partial charge >= 0.3 is 0 Å². The third kappa shape index (κ3) is 2.37. The minimum Gasteiger partial charge on any atom is -0.384 e. The number of aliphatic hydroxyl groups excluding tert-OH is 1. The van der Waals surface area contributed by atoms with E-state index < -0.39 is 6.10 Å². The lowest BCUT2D eigenvalue weighted by atomic mass is 10.0. The van der Waals surface area contributed by atoms with Crippen LogP contribution < -0.4 is 0 Å². The van der Waals surface area contributed by atoms with Gasteiger partial charge in [-0.05, 0) is 29.3 Å². The van der Waals surface area contributed by atoms with Gasteiger partial charge in [0, 0.05) is 5.39 Å². The van der Waals surface area contributed by atoms with E-state index in [1.165, 1.54) is 0 Å². The first kappa shape index (κ1) is 14.9. The number of aromatic amines is 2. The number of aromatic nitrogens is 4. The molecule has 0 fully saturated rings. The van der Waals surface area contributed by atoms with Crippen molar-refractivity contribution in [1.29, 1.82) is 0 Å². The van der Waals surface area contributed by atoms with Crippen LogP contribution >= 0.6 is 0 Å². The minimum atomic E-state index is -0.668. The predicted octanol–water partition coefficient (Wildman–Crippen LogP) is 4.19. The Bertz CT molecular complexity index is 1210. The first-order valence-corrected chi connectivity index (χ1v) is 8.46. The summed E-state index contributed by atoms with van der Waals surface area (Å²) in [6.07, 6.45) is -0.668. The molecule has 0 aliphatic rings. The second-order valence-corrected chi connectivity index (χ2v) is 6.29. The molecule has 0 bridgehead atoms. The van der Waals surface area contributed by atoms with E-state index in [9.17, 15) is 5.11 Å². The lowest BCUT2D eigenvalue weighted by Gasteiger charge is -2.11. The molecule has 5 heteroatoms. The fraction of sp³-hybridized carbons (Fsp3) is 0.0476. The SMILES string of the molecule is OC(c1ccccc1)c1ccc2nc(-c3n[nH]c4ccccc34)[nH]c2c1. The Morgan fingerprint density at radius 3 is 2.50 bits per heavy atom. The van der Waals surface area contributed by atoms with E-state index in [2.05, 4.69) is 20.2 Å². The van der Waals surface area contributed by atoms with E-state index in [1.807, 2.05) is 72.8 Å². The molecule has 1 atom stereocenters. The molecule has 0 aliphatic carbocycles. The maximum atomic E-state index is 10.6. The largest absolute Gasteiger partial charge is 0.384 e. The Kier molecular flexibility index (Phi) is 3.33. The van der Waals surface area contributed by atoms with E-state index >= 15 is 0 Å². The van der Waals surface area contributed by atoms with E-state index in [-0.39, 0.29) is 0 Å². The molecule has 0 spiro atoms. The van der Waals surface area contributed by atoms with Crippen LogP contribution in [0.25, 0.3) is 33.5 Å². The Balaban J connectivity index is 1.58. The van der Waals surface area contributed by atoms with Gasteiger partial charge in [-0.15, -0.1) is 0 Å². The zero-order chi connectivity index (χ0) is 17.5. The summed E-state index contributed by atoms with van der Waals surface area (Å²) in [5, 5.41) is 19.1. The number of aliphatic hydroxyl groups is 1. The van der Waals surface area contributed by atoms with Gasteiger partial charge < -0.3 is 10.1 Å². The number of fused-ring (bicyclic) bond motifs is 2. The van der Waals surface area contributed by atoms with Crippen LogP contribution in [0.2, 0.25) is 0 Å². The third-order valence-corrected chi connectivity index (χ3v) is 4.63. The molecular weight excluding hydrogens is 324 g/mol. The van der Waals surface area contributed by atoms with Crippen LogP contribution in [-0.4, -0.2) is 25.3 Å². The molecule has 3 aromatic carbocycles. The van der Waals surface area contributed by atoms with Crippen LogP contribution in [0.15, 0.2) is 72.8 Å². The highest BCUT2D eigenvalue weighted by Gasteiger charge is 2.15. The highest BCUT2D eigenvalue weighted by atomic mass is 16.3. The molecule has 0 amide bonds. The summed E-state index contributed by atoms with van der Waals surface area (Å²) in [5.74, 6) is 0.712. The Morgan fingerprint density at radius 1 is 0.808 bits per heavy atom. The molecule has 0 radical (unpaired) electrons. The van der Waals surface area contributed by atoms with Gasteiger partial charge in [0.05, 0.1) is 16.6 Å². The Morgan fingerprint density at radius 2 is 1.62 bits per heavy atom. The minimum absolute atomic E-state index is 0.668. The standard InChI is InChI=1S/C21H16N4O/c26-20(13-6-2-1-3-7-13)14-10-11-17-18(12-14)23-21(22-17)19-15-8-4-5-9-16(15)24-25-19/h1-12,20,26H,(H,22,23)(H,24,25). The van der Waals surface area contributed by atoms with Crippen LogP contribution in [0.1, 0.15) is 17.2 Å². The fourth-order valence-corrected chi connectivity index (χ4v) is 3.28. The van der Waals surface area contributed by atoms with Gasteiger partial charge in [-0.1, -0.05) is 54.6 Å². The molecule has 3 N–H and O–H groups in total. The highest BCUT2D eigenvalue weighted by molar-refractivity contribution is 5.93. The summed E-state index contributed by atoms with van der Waals surface area (Å²) in [7, 11) is 0. The smallest absolute Gasteiger partial charge is 0.159 e. The number of para-hydroxylation sites is 1. The third-order valence-electron chi connectivity index (χ3n) is 4.63. The molecule has 1 unspecified atom stereocenters.